The minimum atomic E-state index is -0.502. The number of hydrogen-bond acceptors (Lipinski definition) is 7. The van der Waals surface area contributed by atoms with Gasteiger partial charge in [-0.3, -0.25) is 0 Å². The lowest BCUT2D eigenvalue weighted by molar-refractivity contribution is 0.115. The lowest BCUT2D eigenvalue weighted by Crippen LogP contribution is -2.51. The van der Waals surface area contributed by atoms with Gasteiger partial charge in [-0.2, -0.15) is 9.97 Å². The van der Waals surface area contributed by atoms with E-state index in [2.05, 4.69) is 15.1 Å². The van der Waals surface area contributed by atoms with Crippen LogP contribution in [-0.4, -0.2) is 71.4 Å². The van der Waals surface area contributed by atoms with E-state index >= 15 is 8.78 Å². The fourth-order valence-electron chi connectivity index (χ4n) is 9.05. The summed E-state index contributed by atoms with van der Waals surface area (Å²) in [5, 5.41) is 16.4. The maximum Gasteiger partial charge on any atom is 0.319 e. The van der Waals surface area contributed by atoms with Crippen molar-refractivity contribution in [3.05, 3.63) is 53.1 Å². The minimum absolute atomic E-state index is 0.00415. The number of aromatic hydroxyl groups is 1. The molecule has 3 aromatic carbocycles. The molecular formula is C39H45F2N5O2. The molecular weight excluding hydrogens is 608 g/mol. The summed E-state index contributed by atoms with van der Waals surface area (Å²) in [5.41, 5.74) is 2.91. The highest BCUT2D eigenvalue weighted by Crippen LogP contribution is 2.55. The van der Waals surface area contributed by atoms with E-state index in [-0.39, 0.29) is 28.5 Å². The summed E-state index contributed by atoms with van der Waals surface area (Å²) in [6.45, 7) is 9.24. The Kier molecular flexibility index (Phi) is 7.14. The predicted molar refractivity (Wildman–Crippen MR) is 185 cm³/mol. The molecule has 5 fully saturated rings. The zero-order chi connectivity index (χ0) is 32.8. The molecule has 5 aliphatic rings. The average molecular weight is 654 g/mol. The van der Waals surface area contributed by atoms with Crippen LogP contribution in [0.3, 0.4) is 0 Å². The number of hydrogen-bond donors (Lipinski definition) is 2. The van der Waals surface area contributed by atoms with Gasteiger partial charge in [-0.25, -0.2) is 8.78 Å². The molecule has 9 heteroatoms. The van der Waals surface area contributed by atoms with Gasteiger partial charge in [0.15, 0.2) is 5.82 Å². The molecule has 4 aromatic rings. The van der Waals surface area contributed by atoms with Crippen LogP contribution in [0.1, 0.15) is 69.4 Å². The van der Waals surface area contributed by atoms with Gasteiger partial charge in [-0.15, -0.1) is 0 Å². The maximum absolute atomic E-state index is 17.2. The van der Waals surface area contributed by atoms with Gasteiger partial charge < -0.3 is 25.0 Å². The predicted octanol–water partition coefficient (Wildman–Crippen LogP) is 7.28. The molecule has 3 saturated heterocycles. The van der Waals surface area contributed by atoms with Crippen LogP contribution in [0.5, 0.6) is 11.8 Å². The van der Waals surface area contributed by atoms with Crippen molar-refractivity contribution in [3.8, 4) is 22.9 Å². The number of piperazine rings is 1. The second kappa shape index (κ2) is 11.2. The van der Waals surface area contributed by atoms with Crippen molar-refractivity contribution >= 4 is 27.5 Å². The van der Waals surface area contributed by atoms with Gasteiger partial charge in [0.05, 0.1) is 6.61 Å². The first-order valence-corrected chi connectivity index (χ1v) is 18.0. The number of nitrogens with one attached hydrogen (secondary N) is 1. The second-order valence-electron chi connectivity index (χ2n) is 15.7. The Labute approximate surface area is 280 Å². The molecule has 2 unspecified atom stereocenters. The number of rotatable bonds is 8. The van der Waals surface area contributed by atoms with E-state index < -0.39 is 5.82 Å². The lowest BCUT2D eigenvalue weighted by Gasteiger charge is -2.35. The van der Waals surface area contributed by atoms with Crippen molar-refractivity contribution in [1.82, 2.24) is 20.2 Å². The topological polar surface area (TPSA) is 73.8 Å². The smallest absolute Gasteiger partial charge is 0.319 e. The monoisotopic (exact) mass is 653 g/mol. The van der Waals surface area contributed by atoms with Crippen molar-refractivity contribution in [2.45, 2.75) is 83.7 Å². The molecule has 2 aliphatic carbocycles. The van der Waals surface area contributed by atoms with Crippen LogP contribution in [0.2, 0.25) is 0 Å². The van der Waals surface area contributed by atoms with Gasteiger partial charge in [-0.05, 0) is 135 Å². The SMILES string of the molecule is CCc1c(F)ccc2cc(O)cc(-c3c(C)cc4c(N5CC6CCC(C5)N6)nc(OCC5(CN6CCC7(CC6)CC7)CC5)nc4c3F)c12. The van der Waals surface area contributed by atoms with Gasteiger partial charge >= 0.3 is 6.01 Å². The van der Waals surface area contributed by atoms with E-state index in [0.29, 0.717) is 74.8 Å². The van der Waals surface area contributed by atoms with E-state index in [1.54, 1.807) is 18.2 Å². The fraction of sp³-hybridized carbons (Fsp3) is 0.538. The van der Waals surface area contributed by atoms with Crippen molar-refractivity contribution in [1.29, 1.82) is 0 Å². The van der Waals surface area contributed by atoms with Crippen LogP contribution in [0.15, 0.2) is 30.3 Å². The van der Waals surface area contributed by atoms with Crippen LogP contribution < -0.4 is 15.0 Å². The summed E-state index contributed by atoms with van der Waals surface area (Å²) in [4.78, 5) is 14.7. The summed E-state index contributed by atoms with van der Waals surface area (Å²) in [5.74, 6) is -0.128. The molecule has 2 saturated carbocycles. The summed E-state index contributed by atoms with van der Waals surface area (Å²) in [6.07, 6.45) is 10.3. The minimum Gasteiger partial charge on any atom is -0.508 e. The number of fused-ring (bicyclic) bond motifs is 4. The number of piperidine rings is 1. The molecule has 2 bridgehead atoms. The highest BCUT2D eigenvalue weighted by molar-refractivity contribution is 6.04. The van der Waals surface area contributed by atoms with E-state index in [1.165, 1.54) is 44.8 Å². The first-order chi connectivity index (χ1) is 23.2. The molecule has 48 heavy (non-hydrogen) atoms. The molecule has 3 aliphatic heterocycles. The van der Waals surface area contributed by atoms with E-state index in [9.17, 15) is 5.11 Å². The highest BCUT2D eigenvalue weighted by Gasteiger charge is 2.49. The zero-order valence-corrected chi connectivity index (χ0v) is 28.0. The summed E-state index contributed by atoms with van der Waals surface area (Å²) in [7, 11) is 0. The van der Waals surface area contributed by atoms with Crippen molar-refractivity contribution in [2.75, 3.05) is 44.2 Å². The molecule has 1 aromatic heterocycles. The Morgan fingerprint density at radius 3 is 2.42 bits per heavy atom. The van der Waals surface area contributed by atoms with Gasteiger partial charge in [0.2, 0.25) is 0 Å². The third-order valence-corrected chi connectivity index (χ3v) is 12.3. The molecule has 7 nitrogen and oxygen atoms in total. The Bertz CT molecular complexity index is 1920. The molecule has 2 atom stereocenters. The Balaban J connectivity index is 1.12. The highest BCUT2D eigenvalue weighted by atomic mass is 19.1. The van der Waals surface area contributed by atoms with Crippen LogP contribution in [0.25, 0.3) is 32.8 Å². The number of phenolic OH excluding ortho intramolecular Hbond substituents is 1. The van der Waals surface area contributed by atoms with Gasteiger partial charge in [0.25, 0.3) is 0 Å². The Morgan fingerprint density at radius 2 is 1.73 bits per heavy atom. The largest absolute Gasteiger partial charge is 0.508 e. The molecule has 9 rings (SSSR count). The van der Waals surface area contributed by atoms with Crippen LogP contribution in [-0.2, 0) is 6.42 Å². The molecule has 2 N–H and O–H groups in total. The number of benzene rings is 3. The van der Waals surface area contributed by atoms with Crippen molar-refractivity contribution in [2.24, 2.45) is 10.8 Å². The standard InChI is InChI=1S/C39H45F2N5O2/c1-3-28-31(40)7-4-24-17-27(47)18-29(33(24)28)32-23(2)16-30-35(34(32)41)43-37(44-36(30)46-19-25-5-6-26(20-46)42-25)48-22-39(10-11-39)21-45-14-12-38(8-9-38)13-15-45/h4,7,16-18,25-26,42,47H,3,5-6,8-15,19-22H2,1-2H3. The molecule has 1 spiro atoms. The fourth-order valence-corrected chi connectivity index (χ4v) is 9.05. The van der Waals surface area contributed by atoms with Crippen molar-refractivity contribution in [3.63, 3.8) is 0 Å². The number of aromatic nitrogens is 2. The van der Waals surface area contributed by atoms with Gasteiger partial charge in [-0.1, -0.05) is 13.0 Å². The number of anilines is 1. The zero-order valence-electron chi connectivity index (χ0n) is 28.0. The Morgan fingerprint density at radius 1 is 0.979 bits per heavy atom. The Hall–Kier alpha value is -3.56. The summed E-state index contributed by atoms with van der Waals surface area (Å²) < 4.78 is 38.8. The molecule has 0 radical (unpaired) electrons. The van der Waals surface area contributed by atoms with E-state index in [4.69, 9.17) is 14.7 Å². The van der Waals surface area contributed by atoms with Crippen LogP contribution in [0, 0.1) is 29.4 Å². The lowest BCUT2D eigenvalue weighted by atomic mass is 9.89. The quantitative estimate of drug-likeness (QED) is 0.207. The summed E-state index contributed by atoms with van der Waals surface area (Å²) in [6, 6.07) is 9.14. The number of aryl methyl sites for hydroxylation is 2. The number of nitrogens with zero attached hydrogens (tertiary/aromatic N) is 4. The normalized spacial score (nSPS) is 24.1. The third-order valence-electron chi connectivity index (χ3n) is 12.3. The average Bonchev–Trinajstić information content (AvgIpc) is 4.00. The third kappa shape index (κ3) is 5.28. The van der Waals surface area contributed by atoms with Crippen molar-refractivity contribution < 1.29 is 18.6 Å². The van der Waals surface area contributed by atoms with Gasteiger partial charge in [0.1, 0.15) is 22.9 Å². The number of likely N-dealkylation sites (tertiary alicyclic amines) is 1. The molecule has 4 heterocycles. The molecule has 252 valence electrons. The maximum atomic E-state index is 17.2. The molecule has 0 amide bonds. The number of ether oxygens (including phenoxy) is 1. The first kappa shape index (κ1) is 30.5. The number of phenols is 1. The van der Waals surface area contributed by atoms with E-state index in [0.717, 1.165) is 45.3 Å². The number of halogens is 2. The van der Waals surface area contributed by atoms with Crippen LogP contribution >= 0.6 is 0 Å². The van der Waals surface area contributed by atoms with Gasteiger partial charge in [0, 0.05) is 48.1 Å². The van der Waals surface area contributed by atoms with Crippen LogP contribution in [0.4, 0.5) is 14.6 Å². The summed E-state index contributed by atoms with van der Waals surface area (Å²) >= 11 is 0. The van der Waals surface area contributed by atoms with E-state index in [1.807, 2.05) is 19.9 Å². The second-order valence-corrected chi connectivity index (χ2v) is 15.7. The first-order valence-electron chi connectivity index (χ1n) is 18.0.